The first-order valence-corrected chi connectivity index (χ1v) is 4.42. The number of aromatic nitrogens is 3. The molecule has 82 valence electrons. The van der Waals surface area contributed by atoms with Gasteiger partial charge < -0.3 is 14.8 Å². The summed E-state index contributed by atoms with van der Waals surface area (Å²) in [6, 6.07) is 0.475. The van der Waals surface area contributed by atoms with E-state index in [1.165, 1.54) is 14.2 Å². The molecule has 0 aliphatic heterocycles. The molecule has 6 heteroatoms. The molecule has 1 aromatic heterocycles. The van der Waals surface area contributed by atoms with E-state index in [2.05, 4.69) is 26.8 Å². The van der Waals surface area contributed by atoms with Crippen LogP contribution in [0.25, 0.3) is 0 Å². The maximum absolute atomic E-state index is 4.90. The summed E-state index contributed by atoms with van der Waals surface area (Å²) in [5.74, 6) is 0.395. The number of nitrogens with zero attached hydrogens (tertiary/aromatic N) is 3. The van der Waals surface area contributed by atoms with Gasteiger partial charge in [0.1, 0.15) is 0 Å². The number of methoxy groups -OCH3 is 2. The molecule has 1 unspecified atom stereocenters. The van der Waals surface area contributed by atoms with Crippen molar-refractivity contribution in [3.8, 4) is 12.0 Å². The van der Waals surface area contributed by atoms with E-state index in [-0.39, 0.29) is 18.1 Å². The lowest BCUT2D eigenvalue weighted by Gasteiger charge is -2.10. The summed E-state index contributed by atoms with van der Waals surface area (Å²) >= 11 is 0. The zero-order valence-electron chi connectivity index (χ0n) is 9.02. The van der Waals surface area contributed by atoms with Crippen LogP contribution in [0.3, 0.4) is 0 Å². The molecule has 0 fully saturated rings. The van der Waals surface area contributed by atoms with Gasteiger partial charge >= 0.3 is 12.0 Å². The van der Waals surface area contributed by atoms with Crippen LogP contribution in [0.1, 0.15) is 6.92 Å². The predicted molar refractivity (Wildman–Crippen MR) is 56.2 cm³/mol. The van der Waals surface area contributed by atoms with Crippen LogP contribution in [0.2, 0.25) is 0 Å². The third kappa shape index (κ3) is 3.08. The van der Waals surface area contributed by atoms with E-state index in [1.54, 1.807) is 6.08 Å². The first-order chi connectivity index (χ1) is 7.19. The van der Waals surface area contributed by atoms with E-state index in [0.29, 0.717) is 5.95 Å². The van der Waals surface area contributed by atoms with E-state index < -0.39 is 0 Å². The van der Waals surface area contributed by atoms with Gasteiger partial charge in [0.15, 0.2) is 0 Å². The molecule has 0 aliphatic carbocycles. The summed E-state index contributed by atoms with van der Waals surface area (Å²) in [5, 5.41) is 3.00. The van der Waals surface area contributed by atoms with Crippen molar-refractivity contribution in [1.29, 1.82) is 0 Å². The van der Waals surface area contributed by atoms with Crippen LogP contribution in [0, 0.1) is 0 Å². The zero-order chi connectivity index (χ0) is 11.3. The number of nitrogens with one attached hydrogen (secondary N) is 1. The number of hydrogen-bond donors (Lipinski definition) is 1. The lowest BCUT2D eigenvalue weighted by Crippen LogP contribution is -2.15. The van der Waals surface area contributed by atoms with Gasteiger partial charge in [0.25, 0.3) is 0 Å². The van der Waals surface area contributed by atoms with Crippen molar-refractivity contribution in [3.05, 3.63) is 12.7 Å². The van der Waals surface area contributed by atoms with Crippen molar-refractivity contribution in [1.82, 2.24) is 15.0 Å². The molecule has 1 rings (SSSR count). The van der Waals surface area contributed by atoms with Gasteiger partial charge in [-0.25, -0.2) is 0 Å². The van der Waals surface area contributed by atoms with Crippen molar-refractivity contribution in [2.24, 2.45) is 0 Å². The SMILES string of the molecule is C=CC(C)Nc1nc(OC)nc(OC)n1. The fraction of sp³-hybridized carbons (Fsp3) is 0.444. The van der Waals surface area contributed by atoms with Gasteiger partial charge in [0.05, 0.1) is 14.2 Å². The number of ether oxygens (including phenoxy) is 2. The summed E-state index contributed by atoms with van der Waals surface area (Å²) < 4.78 is 9.81. The Hall–Kier alpha value is -1.85. The topological polar surface area (TPSA) is 69.2 Å². The Bertz CT molecular complexity index is 321. The molecule has 1 atom stereocenters. The predicted octanol–water partition coefficient (Wildman–Crippen LogP) is 0.875. The van der Waals surface area contributed by atoms with Gasteiger partial charge in [-0.2, -0.15) is 9.97 Å². The second-order valence-corrected chi connectivity index (χ2v) is 2.80. The van der Waals surface area contributed by atoms with Crippen LogP contribution in [0.15, 0.2) is 12.7 Å². The quantitative estimate of drug-likeness (QED) is 0.727. The second kappa shape index (κ2) is 5.14. The first-order valence-electron chi connectivity index (χ1n) is 4.42. The van der Waals surface area contributed by atoms with Gasteiger partial charge in [-0.15, -0.1) is 11.6 Å². The third-order valence-electron chi connectivity index (χ3n) is 1.67. The van der Waals surface area contributed by atoms with E-state index >= 15 is 0 Å². The van der Waals surface area contributed by atoms with E-state index in [0.717, 1.165) is 0 Å². The lowest BCUT2D eigenvalue weighted by atomic mass is 10.3. The van der Waals surface area contributed by atoms with E-state index in [4.69, 9.17) is 9.47 Å². The molecule has 0 bridgehead atoms. The third-order valence-corrected chi connectivity index (χ3v) is 1.67. The number of rotatable bonds is 5. The standard InChI is InChI=1S/C9H14N4O2/c1-5-6(2)10-7-11-8(14-3)13-9(12-7)15-4/h5-6H,1H2,2-4H3,(H,10,11,12,13). The Morgan fingerprint density at radius 1 is 1.20 bits per heavy atom. The Labute approximate surface area is 88.4 Å². The Morgan fingerprint density at radius 3 is 2.13 bits per heavy atom. The molecule has 1 heterocycles. The summed E-state index contributed by atoms with van der Waals surface area (Å²) in [7, 11) is 2.96. The Morgan fingerprint density at radius 2 is 1.73 bits per heavy atom. The summed E-state index contributed by atoms with van der Waals surface area (Å²) in [6.45, 7) is 5.57. The molecule has 15 heavy (non-hydrogen) atoms. The minimum absolute atomic E-state index is 0.0572. The average Bonchev–Trinajstić information content (AvgIpc) is 2.28. The highest BCUT2D eigenvalue weighted by Crippen LogP contribution is 2.12. The molecule has 0 amide bonds. The normalized spacial score (nSPS) is 11.7. The molecule has 0 aliphatic rings. The summed E-state index contributed by atoms with van der Waals surface area (Å²) in [6.07, 6.45) is 1.74. The average molecular weight is 210 g/mol. The van der Waals surface area contributed by atoms with Gasteiger partial charge in [-0.05, 0) is 6.92 Å². The molecule has 0 radical (unpaired) electrons. The van der Waals surface area contributed by atoms with Gasteiger partial charge in [0, 0.05) is 6.04 Å². The van der Waals surface area contributed by atoms with Crippen molar-refractivity contribution >= 4 is 5.95 Å². The highest BCUT2D eigenvalue weighted by Gasteiger charge is 2.07. The summed E-state index contributed by atoms with van der Waals surface area (Å²) in [4.78, 5) is 11.9. The molecule has 0 spiro atoms. The van der Waals surface area contributed by atoms with Gasteiger partial charge in [-0.1, -0.05) is 6.08 Å². The van der Waals surface area contributed by atoms with Crippen LogP contribution >= 0.6 is 0 Å². The molecule has 1 N–H and O–H groups in total. The molecule has 0 saturated carbocycles. The Kier molecular flexibility index (Phi) is 3.84. The molecule has 6 nitrogen and oxygen atoms in total. The fourth-order valence-electron chi connectivity index (χ4n) is 0.848. The van der Waals surface area contributed by atoms with Crippen molar-refractivity contribution in [3.63, 3.8) is 0 Å². The number of hydrogen-bond acceptors (Lipinski definition) is 6. The van der Waals surface area contributed by atoms with Crippen LogP contribution in [-0.4, -0.2) is 35.2 Å². The van der Waals surface area contributed by atoms with E-state index in [9.17, 15) is 0 Å². The highest BCUT2D eigenvalue weighted by molar-refractivity contribution is 5.30. The van der Waals surface area contributed by atoms with Crippen molar-refractivity contribution in [2.75, 3.05) is 19.5 Å². The van der Waals surface area contributed by atoms with E-state index in [1.807, 2.05) is 6.92 Å². The molecule has 1 aromatic rings. The fourth-order valence-corrected chi connectivity index (χ4v) is 0.848. The van der Waals surface area contributed by atoms with Crippen LogP contribution in [-0.2, 0) is 0 Å². The number of anilines is 1. The molecular weight excluding hydrogens is 196 g/mol. The minimum atomic E-state index is 0.0572. The van der Waals surface area contributed by atoms with Crippen LogP contribution in [0.4, 0.5) is 5.95 Å². The van der Waals surface area contributed by atoms with Crippen LogP contribution in [0.5, 0.6) is 12.0 Å². The first kappa shape index (κ1) is 11.2. The largest absolute Gasteiger partial charge is 0.467 e. The monoisotopic (exact) mass is 210 g/mol. The van der Waals surface area contributed by atoms with Crippen molar-refractivity contribution in [2.45, 2.75) is 13.0 Å². The zero-order valence-corrected chi connectivity index (χ0v) is 9.02. The minimum Gasteiger partial charge on any atom is -0.467 e. The Balaban J connectivity index is 2.91. The molecule has 0 saturated heterocycles. The van der Waals surface area contributed by atoms with Crippen LogP contribution < -0.4 is 14.8 Å². The second-order valence-electron chi connectivity index (χ2n) is 2.80. The molecular formula is C9H14N4O2. The van der Waals surface area contributed by atoms with Crippen molar-refractivity contribution < 1.29 is 9.47 Å². The molecule has 0 aromatic carbocycles. The van der Waals surface area contributed by atoms with Gasteiger partial charge in [0.2, 0.25) is 5.95 Å². The highest BCUT2D eigenvalue weighted by atomic mass is 16.5. The maximum atomic E-state index is 4.90. The summed E-state index contributed by atoms with van der Waals surface area (Å²) in [5.41, 5.74) is 0. The smallest absolute Gasteiger partial charge is 0.324 e. The maximum Gasteiger partial charge on any atom is 0.324 e. The van der Waals surface area contributed by atoms with Gasteiger partial charge in [-0.3, -0.25) is 0 Å². The lowest BCUT2D eigenvalue weighted by molar-refractivity contribution is 0.341.